The lowest BCUT2D eigenvalue weighted by molar-refractivity contribution is 0.598. The third-order valence-corrected chi connectivity index (χ3v) is 3.89. The molecule has 90 valence electrons. The van der Waals surface area contributed by atoms with Gasteiger partial charge in [-0.25, -0.2) is 13.4 Å². The van der Waals surface area contributed by atoms with Crippen molar-refractivity contribution in [3.8, 4) is 0 Å². The van der Waals surface area contributed by atoms with E-state index in [0.717, 1.165) is 8.95 Å². The summed E-state index contributed by atoms with van der Waals surface area (Å²) in [5.41, 5.74) is 0. The molecule has 0 radical (unpaired) electrons. The van der Waals surface area contributed by atoms with Crippen molar-refractivity contribution in [2.75, 3.05) is 17.3 Å². The molecule has 4 nitrogen and oxygen atoms in total. The second kappa shape index (κ2) is 5.46. The smallest absolute Gasteiger partial charge is 0.149 e. The lowest BCUT2D eigenvalue weighted by Gasteiger charge is -2.14. The molecule has 16 heavy (non-hydrogen) atoms. The Kier molecular flexibility index (Phi) is 4.75. The van der Waals surface area contributed by atoms with Crippen LogP contribution in [0.4, 0.5) is 5.82 Å². The maximum Gasteiger partial charge on any atom is 0.149 e. The molecule has 1 rings (SSSR count). The molecule has 1 heterocycles. The number of pyridine rings is 1. The maximum atomic E-state index is 11.1. The van der Waals surface area contributed by atoms with Crippen LogP contribution >= 0.6 is 31.9 Å². The van der Waals surface area contributed by atoms with Crippen molar-refractivity contribution in [3.05, 3.63) is 21.2 Å². The second-order valence-electron chi connectivity index (χ2n) is 3.62. The lowest BCUT2D eigenvalue weighted by atomic mass is 10.4. The van der Waals surface area contributed by atoms with Crippen molar-refractivity contribution < 1.29 is 8.42 Å². The van der Waals surface area contributed by atoms with E-state index in [9.17, 15) is 8.42 Å². The molecule has 0 aromatic carbocycles. The van der Waals surface area contributed by atoms with Crippen LogP contribution in [-0.4, -0.2) is 31.5 Å². The van der Waals surface area contributed by atoms with Gasteiger partial charge in [0, 0.05) is 23.0 Å². The Morgan fingerprint density at radius 2 is 2.12 bits per heavy atom. The maximum absolute atomic E-state index is 11.1. The molecule has 0 spiro atoms. The van der Waals surface area contributed by atoms with E-state index < -0.39 is 9.84 Å². The number of nitrogens with one attached hydrogen (secondary N) is 1. The Hall–Kier alpha value is -0.140. The summed E-state index contributed by atoms with van der Waals surface area (Å²) in [6.07, 6.45) is 2.87. The summed E-state index contributed by atoms with van der Waals surface area (Å²) in [7, 11) is -2.98. The molecule has 1 unspecified atom stereocenters. The van der Waals surface area contributed by atoms with E-state index in [2.05, 4.69) is 42.2 Å². The SMILES string of the molecule is CC(CS(C)(=O)=O)Nc1ncc(Br)cc1Br. The quantitative estimate of drug-likeness (QED) is 0.883. The van der Waals surface area contributed by atoms with Gasteiger partial charge in [0.2, 0.25) is 0 Å². The third kappa shape index (κ3) is 4.80. The Labute approximate surface area is 112 Å². The number of hydrogen-bond donors (Lipinski definition) is 1. The summed E-state index contributed by atoms with van der Waals surface area (Å²) >= 11 is 6.65. The van der Waals surface area contributed by atoms with Crippen molar-refractivity contribution in [2.24, 2.45) is 0 Å². The highest BCUT2D eigenvalue weighted by Crippen LogP contribution is 2.23. The van der Waals surface area contributed by atoms with Gasteiger partial charge in [0.25, 0.3) is 0 Å². The first-order valence-electron chi connectivity index (χ1n) is 4.53. The van der Waals surface area contributed by atoms with Gasteiger partial charge in [-0.05, 0) is 44.8 Å². The molecular formula is C9H12Br2N2O2S. The number of rotatable bonds is 4. The van der Waals surface area contributed by atoms with Gasteiger partial charge in [0.05, 0.1) is 10.2 Å². The van der Waals surface area contributed by atoms with E-state index >= 15 is 0 Å². The largest absolute Gasteiger partial charge is 0.366 e. The zero-order valence-corrected chi connectivity index (χ0v) is 12.9. The van der Waals surface area contributed by atoms with E-state index in [-0.39, 0.29) is 11.8 Å². The van der Waals surface area contributed by atoms with Gasteiger partial charge in [0.15, 0.2) is 0 Å². The molecule has 1 atom stereocenters. The van der Waals surface area contributed by atoms with Crippen LogP contribution in [0.3, 0.4) is 0 Å². The third-order valence-electron chi connectivity index (χ3n) is 1.74. The predicted molar refractivity (Wildman–Crippen MR) is 72.4 cm³/mol. The average molecular weight is 372 g/mol. The second-order valence-corrected chi connectivity index (χ2v) is 7.58. The summed E-state index contributed by atoms with van der Waals surface area (Å²) in [5, 5.41) is 3.04. The zero-order chi connectivity index (χ0) is 12.3. The van der Waals surface area contributed by atoms with Crippen LogP contribution < -0.4 is 5.32 Å². The first kappa shape index (κ1) is 13.9. The molecule has 1 aromatic heterocycles. The van der Waals surface area contributed by atoms with Crippen LogP contribution in [0.5, 0.6) is 0 Å². The number of nitrogens with zero attached hydrogens (tertiary/aromatic N) is 1. The van der Waals surface area contributed by atoms with E-state index in [1.165, 1.54) is 6.26 Å². The summed E-state index contributed by atoms with van der Waals surface area (Å²) < 4.78 is 23.8. The molecule has 1 N–H and O–H groups in total. The Bertz CT molecular complexity index is 476. The Balaban J connectivity index is 2.73. The van der Waals surface area contributed by atoms with E-state index in [1.54, 1.807) is 13.1 Å². The highest BCUT2D eigenvalue weighted by Gasteiger charge is 2.12. The van der Waals surface area contributed by atoms with Crippen LogP contribution in [-0.2, 0) is 9.84 Å². The highest BCUT2D eigenvalue weighted by atomic mass is 79.9. The van der Waals surface area contributed by atoms with Crippen molar-refractivity contribution in [1.29, 1.82) is 0 Å². The standard InChI is InChI=1S/C9H12Br2N2O2S/c1-6(5-16(2,14)15)13-9-8(11)3-7(10)4-12-9/h3-4,6H,5H2,1-2H3,(H,12,13). The first-order valence-corrected chi connectivity index (χ1v) is 8.18. The molecule has 1 aromatic rings. The van der Waals surface area contributed by atoms with Gasteiger partial charge < -0.3 is 5.32 Å². The number of hydrogen-bond acceptors (Lipinski definition) is 4. The summed E-state index contributed by atoms with van der Waals surface area (Å²) in [5.74, 6) is 0.719. The summed E-state index contributed by atoms with van der Waals surface area (Å²) in [6.45, 7) is 1.80. The molecule has 0 fully saturated rings. The Morgan fingerprint density at radius 1 is 1.50 bits per heavy atom. The number of halogens is 2. The molecule has 0 aliphatic heterocycles. The lowest BCUT2D eigenvalue weighted by Crippen LogP contribution is -2.25. The average Bonchev–Trinajstić information content (AvgIpc) is 2.06. The molecule has 0 saturated carbocycles. The highest BCUT2D eigenvalue weighted by molar-refractivity contribution is 9.11. The minimum absolute atomic E-state index is 0.0805. The van der Waals surface area contributed by atoms with Gasteiger partial charge in [-0.3, -0.25) is 0 Å². The van der Waals surface area contributed by atoms with Crippen LogP contribution in [0.15, 0.2) is 21.2 Å². The molecule has 0 aliphatic rings. The molecule has 0 aliphatic carbocycles. The van der Waals surface area contributed by atoms with Gasteiger partial charge in [-0.1, -0.05) is 0 Å². The fraction of sp³-hybridized carbons (Fsp3) is 0.444. The monoisotopic (exact) mass is 370 g/mol. The molecule has 0 bridgehead atoms. The first-order chi connectivity index (χ1) is 7.28. The summed E-state index contributed by atoms with van der Waals surface area (Å²) in [6, 6.07) is 1.67. The van der Waals surface area contributed by atoms with Gasteiger partial charge in [0.1, 0.15) is 15.7 Å². The van der Waals surface area contributed by atoms with Gasteiger partial charge in [-0.2, -0.15) is 0 Å². The van der Waals surface area contributed by atoms with Gasteiger partial charge >= 0.3 is 0 Å². The van der Waals surface area contributed by atoms with Crippen LogP contribution in [0, 0.1) is 0 Å². The molecule has 0 saturated heterocycles. The molecule has 0 amide bonds. The van der Waals surface area contributed by atoms with Crippen LogP contribution in [0.25, 0.3) is 0 Å². The topological polar surface area (TPSA) is 59.1 Å². The zero-order valence-electron chi connectivity index (χ0n) is 8.87. The number of sulfone groups is 1. The number of anilines is 1. The van der Waals surface area contributed by atoms with Crippen molar-refractivity contribution >= 4 is 47.5 Å². The van der Waals surface area contributed by atoms with Crippen LogP contribution in [0.1, 0.15) is 6.92 Å². The van der Waals surface area contributed by atoms with Gasteiger partial charge in [-0.15, -0.1) is 0 Å². The summed E-state index contributed by atoms with van der Waals surface area (Å²) in [4.78, 5) is 4.15. The van der Waals surface area contributed by atoms with Crippen molar-refractivity contribution in [2.45, 2.75) is 13.0 Å². The molecule has 7 heteroatoms. The Morgan fingerprint density at radius 3 is 2.62 bits per heavy atom. The fourth-order valence-electron chi connectivity index (χ4n) is 1.25. The minimum atomic E-state index is -2.98. The van der Waals surface area contributed by atoms with E-state index in [4.69, 9.17) is 0 Å². The normalized spacial score (nSPS) is 13.5. The minimum Gasteiger partial charge on any atom is -0.366 e. The predicted octanol–water partition coefficient (Wildman–Crippen LogP) is 2.45. The fourth-order valence-corrected chi connectivity index (χ4v) is 3.34. The number of aromatic nitrogens is 1. The molecular weight excluding hydrogens is 360 g/mol. The van der Waals surface area contributed by atoms with Crippen molar-refractivity contribution in [3.63, 3.8) is 0 Å². The van der Waals surface area contributed by atoms with Crippen molar-refractivity contribution in [1.82, 2.24) is 4.98 Å². The van der Waals surface area contributed by atoms with E-state index in [1.807, 2.05) is 6.07 Å². The van der Waals surface area contributed by atoms with Crippen LogP contribution in [0.2, 0.25) is 0 Å². The van der Waals surface area contributed by atoms with E-state index in [0.29, 0.717) is 5.82 Å².